The van der Waals surface area contributed by atoms with Crippen molar-refractivity contribution in [2.75, 3.05) is 31.1 Å². The molecule has 0 bridgehead atoms. The van der Waals surface area contributed by atoms with Crippen LogP contribution in [-0.2, 0) is 4.79 Å². The molecule has 2 rings (SSSR count). The van der Waals surface area contributed by atoms with E-state index in [1.54, 1.807) is 0 Å². The Balaban J connectivity index is 2.18. The Hall–Kier alpha value is -1.51. The molecular weight excluding hydrogens is 296 g/mol. The van der Waals surface area contributed by atoms with Crippen LogP contribution < -0.4 is 4.90 Å². The van der Waals surface area contributed by atoms with Gasteiger partial charge in [-0.1, -0.05) is 59.7 Å². The molecule has 1 aromatic carbocycles. The second-order valence-electron chi connectivity index (χ2n) is 8.06. The number of amides is 1. The van der Waals surface area contributed by atoms with Gasteiger partial charge in [-0.15, -0.1) is 0 Å². The highest BCUT2D eigenvalue weighted by Crippen LogP contribution is 2.35. The zero-order chi connectivity index (χ0) is 17.9. The van der Waals surface area contributed by atoms with E-state index in [2.05, 4.69) is 64.6 Å². The number of para-hydroxylation sites is 1. The summed E-state index contributed by atoms with van der Waals surface area (Å²) < 4.78 is 0. The topological polar surface area (TPSA) is 23.6 Å². The van der Waals surface area contributed by atoms with Crippen molar-refractivity contribution < 1.29 is 4.79 Å². The van der Waals surface area contributed by atoms with E-state index >= 15 is 0 Å². The van der Waals surface area contributed by atoms with Gasteiger partial charge < -0.3 is 9.80 Å². The monoisotopic (exact) mass is 330 g/mol. The van der Waals surface area contributed by atoms with Gasteiger partial charge in [0.1, 0.15) is 0 Å². The number of hydrogen-bond donors (Lipinski definition) is 0. The SMILES string of the molecule is CC(C)CC(=O)N1CCN(c2c(C(C)C)cccc2C(C)C)CC1. The molecule has 1 saturated heterocycles. The molecule has 1 aromatic rings. The Morgan fingerprint density at radius 2 is 1.42 bits per heavy atom. The van der Waals surface area contributed by atoms with Gasteiger partial charge in [0.15, 0.2) is 0 Å². The lowest BCUT2D eigenvalue weighted by molar-refractivity contribution is -0.132. The van der Waals surface area contributed by atoms with Gasteiger partial charge in [0.25, 0.3) is 0 Å². The second kappa shape index (κ2) is 8.04. The highest BCUT2D eigenvalue weighted by molar-refractivity contribution is 5.77. The lowest BCUT2D eigenvalue weighted by Crippen LogP contribution is -2.49. The molecule has 1 amide bonds. The van der Waals surface area contributed by atoms with Gasteiger partial charge in [-0.2, -0.15) is 0 Å². The summed E-state index contributed by atoms with van der Waals surface area (Å²) in [6, 6.07) is 6.72. The van der Waals surface area contributed by atoms with Crippen LogP contribution in [0.1, 0.15) is 70.9 Å². The van der Waals surface area contributed by atoms with Crippen LogP contribution in [-0.4, -0.2) is 37.0 Å². The summed E-state index contributed by atoms with van der Waals surface area (Å²) in [5.74, 6) is 1.77. The van der Waals surface area contributed by atoms with Crippen molar-refractivity contribution in [1.82, 2.24) is 4.90 Å². The highest BCUT2D eigenvalue weighted by atomic mass is 16.2. The quantitative estimate of drug-likeness (QED) is 0.786. The average Bonchev–Trinajstić information content (AvgIpc) is 2.53. The molecule has 24 heavy (non-hydrogen) atoms. The van der Waals surface area contributed by atoms with E-state index in [9.17, 15) is 4.79 Å². The smallest absolute Gasteiger partial charge is 0.222 e. The van der Waals surface area contributed by atoms with Gasteiger partial charge in [0.05, 0.1) is 0 Å². The summed E-state index contributed by atoms with van der Waals surface area (Å²) in [5.41, 5.74) is 4.28. The van der Waals surface area contributed by atoms with E-state index in [4.69, 9.17) is 0 Å². The molecule has 0 spiro atoms. The minimum atomic E-state index is 0.311. The minimum absolute atomic E-state index is 0.311. The van der Waals surface area contributed by atoms with Crippen molar-refractivity contribution in [3.63, 3.8) is 0 Å². The fourth-order valence-electron chi connectivity index (χ4n) is 3.53. The number of rotatable bonds is 5. The van der Waals surface area contributed by atoms with E-state index in [0.29, 0.717) is 30.1 Å². The van der Waals surface area contributed by atoms with Gasteiger partial charge in [0, 0.05) is 38.3 Å². The Labute approximate surface area is 148 Å². The van der Waals surface area contributed by atoms with Crippen LogP contribution in [0.15, 0.2) is 18.2 Å². The van der Waals surface area contributed by atoms with Crippen molar-refractivity contribution in [3.05, 3.63) is 29.3 Å². The third-order valence-corrected chi connectivity index (χ3v) is 4.87. The number of benzene rings is 1. The minimum Gasteiger partial charge on any atom is -0.368 e. The predicted molar refractivity (Wildman–Crippen MR) is 103 cm³/mol. The zero-order valence-corrected chi connectivity index (χ0v) is 16.3. The molecule has 0 unspecified atom stereocenters. The van der Waals surface area contributed by atoms with Gasteiger partial charge in [-0.3, -0.25) is 4.79 Å². The van der Waals surface area contributed by atoms with E-state index < -0.39 is 0 Å². The molecule has 0 N–H and O–H groups in total. The lowest BCUT2D eigenvalue weighted by Gasteiger charge is -2.39. The third kappa shape index (κ3) is 4.31. The predicted octanol–water partition coefficient (Wildman–Crippen LogP) is 4.63. The lowest BCUT2D eigenvalue weighted by atomic mass is 9.91. The summed E-state index contributed by atoms with van der Waals surface area (Å²) >= 11 is 0. The maximum atomic E-state index is 12.3. The normalized spacial score (nSPS) is 15.7. The molecule has 0 saturated carbocycles. The molecule has 3 nitrogen and oxygen atoms in total. The fraction of sp³-hybridized carbons (Fsp3) is 0.667. The van der Waals surface area contributed by atoms with Gasteiger partial charge >= 0.3 is 0 Å². The van der Waals surface area contributed by atoms with Crippen LogP contribution in [0.3, 0.4) is 0 Å². The second-order valence-corrected chi connectivity index (χ2v) is 8.06. The van der Waals surface area contributed by atoms with E-state index in [0.717, 1.165) is 26.2 Å². The summed E-state index contributed by atoms with van der Waals surface area (Å²) in [5, 5.41) is 0. The van der Waals surface area contributed by atoms with Crippen LogP contribution in [0.4, 0.5) is 5.69 Å². The van der Waals surface area contributed by atoms with Crippen molar-refractivity contribution in [2.24, 2.45) is 5.92 Å². The number of piperazine rings is 1. The number of anilines is 1. The van der Waals surface area contributed by atoms with Crippen molar-refractivity contribution in [3.8, 4) is 0 Å². The van der Waals surface area contributed by atoms with E-state index in [1.807, 2.05) is 4.90 Å². The van der Waals surface area contributed by atoms with Crippen LogP contribution in [0, 0.1) is 5.92 Å². The first-order valence-corrected chi connectivity index (χ1v) is 9.46. The standard InChI is InChI=1S/C21H34N2O/c1-15(2)14-20(24)22-10-12-23(13-11-22)21-18(16(3)4)8-7-9-19(21)17(5)6/h7-9,15-17H,10-14H2,1-6H3. The number of carbonyl (C=O) groups is 1. The number of hydrogen-bond acceptors (Lipinski definition) is 2. The van der Waals surface area contributed by atoms with Crippen LogP contribution >= 0.6 is 0 Å². The van der Waals surface area contributed by atoms with Gasteiger partial charge in [-0.05, 0) is 28.9 Å². The third-order valence-electron chi connectivity index (χ3n) is 4.87. The molecular formula is C21H34N2O. The highest BCUT2D eigenvalue weighted by Gasteiger charge is 2.25. The van der Waals surface area contributed by atoms with Crippen molar-refractivity contribution >= 4 is 11.6 Å². The molecule has 3 heteroatoms. The summed E-state index contributed by atoms with van der Waals surface area (Å²) in [7, 11) is 0. The first kappa shape index (κ1) is 18.8. The van der Waals surface area contributed by atoms with Crippen LogP contribution in [0.25, 0.3) is 0 Å². The first-order chi connectivity index (χ1) is 11.3. The first-order valence-electron chi connectivity index (χ1n) is 9.46. The fourth-order valence-corrected chi connectivity index (χ4v) is 3.53. The summed E-state index contributed by atoms with van der Waals surface area (Å²) in [4.78, 5) is 16.9. The largest absolute Gasteiger partial charge is 0.368 e. The molecule has 0 atom stereocenters. The molecule has 134 valence electrons. The van der Waals surface area contributed by atoms with Crippen molar-refractivity contribution in [1.29, 1.82) is 0 Å². The molecule has 0 aromatic heterocycles. The van der Waals surface area contributed by atoms with Crippen LogP contribution in [0.2, 0.25) is 0 Å². The summed E-state index contributed by atoms with van der Waals surface area (Å²) in [6.45, 7) is 16.9. The van der Waals surface area contributed by atoms with Gasteiger partial charge in [0.2, 0.25) is 5.91 Å². The Kier molecular flexibility index (Phi) is 6.31. The Bertz CT molecular complexity index is 529. The zero-order valence-electron chi connectivity index (χ0n) is 16.3. The molecule has 1 aliphatic heterocycles. The maximum Gasteiger partial charge on any atom is 0.222 e. The summed E-state index contributed by atoms with van der Waals surface area (Å²) in [6.07, 6.45) is 0.666. The Morgan fingerprint density at radius 1 is 0.917 bits per heavy atom. The molecule has 0 aliphatic carbocycles. The van der Waals surface area contributed by atoms with E-state index in [1.165, 1.54) is 16.8 Å². The van der Waals surface area contributed by atoms with Crippen molar-refractivity contribution in [2.45, 2.75) is 59.8 Å². The molecule has 1 fully saturated rings. The molecule has 1 heterocycles. The van der Waals surface area contributed by atoms with Gasteiger partial charge in [-0.25, -0.2) is 0 Å². The molecule has 1 aliphatic rings. The number of nitrogens with zero attached hydrogens (tertiary/aromatic N) is 2. The average molecular weight is 331 g/mol. The number of carbonyl (C=O) groups excluding carboxylic acids is 1. The van der Waals surface area contributed by atoms with E-state index in [-0.39, 0.29) is 0 Å². The maximum absolute atomic E-state index is 12.3. The Morgan fingerprint density at radius 3 is 1.83 bits per heavy atom. The molecule has 0 radical (unpaired) electrons. The van der Waals surface area contributed by atoms with Crippen LogP contribution in [0.5, 0.6) is 0 Å².